The van der Waals surface area contributed by atoms with Crippen molar-refractivity contribution in [2.24, 2.45) is 0 Å². The highest BCUT2D eigenvalue weighted by Gasteiger charge is 2.21. The lowest BCUT2D eigenvalue weighted by Gasteiger charge is -2.22. The standard InChI is InChI=1S/C18H22N4O3/c1-21(2)15(16-4-3-11-25-16)12-20-17(23)13-5-7-14(8-6-13)22-10-9-19-18(22)24/h3-8,11,15H,9-10,12H2,1-2H3,(H,19,24)(H,20,23)/t15-/m0/s1. The Morgan fingerprint density at radius 3 is 2.64 bits per heavy atom. The number of hydrogen-bond donors (Lipinski definition) is 2. The number of amides is 3. The second-order valence-corrected chi connectivity index (χ2v) is 6.14. The molecule has 7 nitrogen and oxygen atoms in total. The van der Waals surface area contributed by atoms with Crippen LogP contribution in [-0.2, 0) is 0 Å². The van der Waals surface area contributed by atoms with Crippen LogP contribution >= 0.6 is 0 Å². The van der Waals surface area contributed by atoms with Gasteiger partial charge in [0, 0.05) is 30.9 Å². The Labute approximate surface area is 146 Å². The van der Waals surface area contributed by atoms with Crippen LogP contribution < -0.4 is 15.5 Å². The molecule has 2 heterocycles. The fraction of sp³-hybridized carbons (Fsp3) is 0.333. The summed E-state index contributed by atoms with van der Waals surface area (Å²) >= 11 is 0. The van der Waals surface area contributed by atoms with E-state index < -0.39 is 0 Å². The van der Waals surface area contributed by atoms with Crippen molar-refractivity contribution < 1.29 is 14.0 Å². The van der Waals surface area contributed by atoms with Gasteiger partial charge in [-0.3, -0.25) is 14.6 Å². The molecule has 7 heteroatoms. The van der Waals surface area contributed by atoms with Crippen LogP contribution in [0.15, 0.2) is 47.1 Å². The summed E-state index contributed by atoms with van der Waals surface area (Å²) in [6.45, 7) is 1.72. The molecule has 3 rings (SSSR count). The first-order chi connectivity index (χ1) is 12.1. The van der Waals surface area contributed by atoms with Crippen LogP contribution in [0.4, 0.5) is 10.5 Å². The number of carbonyl (C=O) groups excluding carboxylic acids is 2. The molecule has 0 unspecified atom stereocenters. The number of rotatable bonds is 6. The van der Waals surface area contributed by atoms with Gasteiger partial charge in [-0.2, -0.15) is 0 Å². The van der Waals surface area contributed by atoms with Gasteiger partial charge < -0.3 is 15.1 Å². The van der Waals surface area contributed by atoms with Gasteiger partial charge in [0.05, 0.1) is 12.3 Å². The third-order valence-electron chi connectivity index (χ3n) is 4.25. The molecular weight excluding hydrogens is 320 g/mol. The molecule has 1 aliphatic heterocycles. The molecule has 1 atom stereocenters. The lowest BCUT2D eigenvalue weighted by molar-refractivity contribution is 0.0939. The molecule has 0 saturated carbocycles. The fourth-order valence-electron chi connectivity index (χ4n) is 2.82. The summed E-state index contributed by atoms with van der Waals surface area (Å²) in [5.74, 6) is 0.650. The van der Waals surface area contributed by atoms with Crippen LogP contribution in [0.25, 0.3) is 0 Å². The molecule has 0 aliphatic carbocycles. The van der Waals surface area contributed by atoms with E-state index in [-0.39, 0.29) is 18.0 Å². The monoisotopic (exact) mass is 342 g/mol. The summed E-state index contributed by atoms with van der Waals surface area (Å²) in [5, 5.41) is 5.69. The van der Waals surface area contributed by atoms with Gasteiger partial charge in [0.15, 0.2) is 0 Å². The molecule has 1 aliphatic rings. The number of nitrogens with one attached hydrogen (secondary N) is 2. The number of hydrogen-bond acceptors (Lipinski definition) is 4. The summed E-state index contributed by atoms with van der Waals surface area (Å²) in [4.78, 5) is 27.7. The zero-order valence-electron chi connectivity index (χ0n) is 14.4. The zero-order valence-corrected chi connectivity index (χ0v) is 14.4. The summed E-state index contributed by atoms with van der Waals surface area (Å²) in [7, 11) is 3.88. The molecule has 0 radical (unpaired) electrons. The van der Waals surface area contributed by atoms with E-state index in [2.05, 4.69) is 10.6 Å². The second kappa shape index (κ2) is 7.40. The molecule has 1 fully saturated rings. The van der Waals surface area contributed by atoms with E-state index in [0.29, 0.717) is 25.2 Å². The van der Waals surface area contributed by atoms with E-state index in [4.69, 9.17) is 4.42 Å². The maximum atomic E-state index is 12.4. The number of furan rings is 1. The molecule has 132 valence electrons. The predicted octanol–water partition coefficient (Wildman–Crippen LogP) is 1.84. The zero-order chi connectivity index (χ0) is 17.8. The SMILES string of the molecule is CN(C)[C@@H](CNC(=O)c1ccc(N2CCNC2=O)cc1)c1ccco1. The third kappa shape index (κ3) is 3.83. The highest BCUT2D eigenvalue weighted by molar-refractivity contribution is 5.97. The Hall–Kier alpha value is -2.80. The highest BCUT2D eigenvalue weighted by Crippen LogP contribution is 2.19. The van der Waals surface area contributed by atoms with Crippen molar-refractivity contribution in [3.63, 3.8) is 0 Å². The Morgan fingerprint density at radius 1 is 1.32 bits per heavy atom. The number of likely N-dealkylation sites (N-methyl/N-ethyl adjacent to an activating group) is 1. The molecule has 25 heavy (non-hydrogen) atoms. The average Bonchev–Trinajstić information content (AvgIpc) is 3.26. The van der Waals surface area contributed by atoms with E-state index in [1.165, 1.54) is 0 Å². The van der Waals surface area contributed by atoms with Crippen LogP contribution in [-0.4, -0.2) is 50.6 Å². The Balaban J connectivity index is 1.62. The normalized spacial score (nSPS) is 15.3. The van der Waals surface area contributed by atoms with Crippen molar-refractivity contribution in [2.45, 2.75) is 6.04 Å². The number of urea groups is 1. The van der Waals surface area contributed by atoms with Crippen molar-refractivity contribution in [1.29, 1.82) is 0 Å². The lowest BCUT2D eigenvalue weighted by atomic mass is 10.1. The third-order valence-corrected chi connectivity index (χ3v) is 4.25. The molecule has 1 aromatic heterocycles. The maximum Gasteiger partial charge on any atom is 0.321 e. The smallest absolute Gasteiger partial charge is 0.321 e. The maximum absolute atomic E-state index is 12.4. The van der Waals surface area contributed by atoms with Gasteiger partial charge >= 0.3 is 6.03 Å². The van der Waals surface area contributed by atoms with Crippen molar-refractivity contribution >= 4 is 17.6 Å². The van der Waals surface area contributed by atoms with Gasteiger partial charge in [-0.25, -0.2) is 4.79 Å². The van der Waals surface area contributed by atoms with Gasteiger partial charge in [0.1, 0.15) is 5.76 Å². The summed E-state index contributed by atoms with van der Waals surface area (Å²) < 4.78 is 5.44. The largest absolute Gasteiger partial charge is 0.468 e. The minimum Gasteiger partial charge on any atom is -0.468 e. The summed E-state index contributed by atoms with van der Waals surface area (Å²) in [5.41, 5.74) is 1.34. The molecule has 2 N–H and O–H groups in total. The van der Waals surface area contributed by atoms with Gasteiger partial charge in [-0.15, -0.1) is 0 Å². The first-order valence-corrected chi connectivity index (χ1v) is 8.19. The number of benzene rings is 1. The minimum absolute atomic E-state index is 0.0356. The van der Waals surface area contributed by atoms with E-state index >= 15 is 0 Å². The highest BCUT2D eigenvalue weighted by atomic mass is 16.3. The van der Waals surface area contributed by atoms with Crippen LogP contribution in [0.5, 0.6) is 0 Å². The molecule has 0 spiro atoms. The molecule has 2 aromatic rings. The second-order valence-electron chi connectivity index (χ2n) is 6.14. The Kier molecular flexibility index (Phi) is 5.04. The lowest BCUT2D eigenvalue weighted by Crippen LogP contribution is -2.34. The average molecular weight is 342 g/mol. The van der Waals surface area contributed by atoms with Gasteiger partial charge in [-0.05, 0) is 50.5 Å². The van der Waals surface area contributed by atoms with Crippen molar-refractivity contribution in [3.8, 4) is 0 Å². The molecule has 1 aromatic carbocycles. The summed E-state index contributed by atoms with van der Waals surface area (Å²) in [6, 6.07) is 10.6. The summed E-state index contributed by atoms with van der Waals surface area (Å²) in [6.07, 6.45) is 1.63. The topological polar surface area (TPSA) is 77.8 Å². The number of carbonyl (C=O) groups is 2. The molecule has 3 amide bonds. The Bertz CT molecular complexity index is 725. The predicted molar refractivity (Wildman–Crippen MR) is 94.7 cm³/mol. The van der Waals surface area contributed by atoms with E-state index in [1.54, 1.807) is 35.4 Å². The van der Waals surface area contributed by atoms with E-state index in [9.17, 15) is 9.59 Å². The number of anilines is 1. The van der Waals surface area contributed by atoms with E-state index in [0.717, 1.165) is 11.4 Å². The fourth-order valence-corrected chi connectivity index (χ4v) is 2.82. The van der Waals surface area contributed by atoms with Crippen LogP contribution in [0.1, 0.15) is 22.2 Å². The minimum atomic E-state index is -0.157. The van der Waals surface area contributed by atoms with Gasteiger partial charge in [0.2, 0.25) is 0 Å². The molecule has 0 bridgehead atoms. The first-order valence-electron chi connectivity index (χ1n) is 8.19. The van der Waals surface area contributed by atoms with Crippen LogP contribution in [0, 0.1) is 0 Å². The van der Waals surface area contributed by atoms with Crippen molar-refractivity contribution in [2.75, 3.05) is 38.6 Å². The van der Waals surface area contributed by atoms with Crippen LogP contribution in [0.2, 0.25) is 0 Å². The van der Waals surface area contributed by atoms with Gasteiger partial charge in [-0.1, -0.05) is 0 Å². The quantitative estimate of drug-likeness (QED) is 0.840. The molecular formula is C18H22N4O3. The van der Waals surface area contributed by atoms with Crippen LogP contribution in [0.3, 0.4) is 0 Å². The Morgan fingerprint density at radius 2 is 2.08 bits per heavy atom. The molecule has 1 saturated heterocycles. The van der Waals surface area contributed by atoms with E-state index in [1.807, 2.05) is 31.1 Å². The number of nitrogens with zero attached hydrogens (tertiary/aromatic N) is 2. The van der Waals surface area contributed by atoms with Crippen molar-refractivity contribution in [1.82, 2.24) is 15.5 Å². The van der Waals surface area contributed by atoms with Crippen molar-refractivity contribution in [3.05, 3.63) is 54.0 Å². The first kappa shape index (κ1) is 17.0. The van der Waals surface area contributed by atoms with Gasteiger partial charge in [0.25, 0.3) is 5.91 Å².